The fraction of sp³-hybridized carbons (Fsp3) is 0.750. The minimum atomic E-state index is -0.404. The van der Waals surface area contributed by atoms with Gasteiger partial charge >= 0.3 is 11.9 Å². The van der Waals surface area contributed by atoms with E-state index in [-0.39, 0.29) is 47.1 Å². The second kappa shape index (κ2) is 12.8. The van der Waals surface area contributed by atoms with Crippen LogP contribution < -0.4 is 9.47 Å². The average molecular weight is 529 g/mol. The van der Waals surface area contributed by atoms with Crippen molar-refractivity contribution < 1.29 is 29.3 Å². The molecule has 0 spiro atoms. The Kier molecular flexibility index (Phi) is 9.78. The second-order valence-electron chi connectivity index (χ2n) is 12.2. The van der Waals surface area contributed by atoms with E-state index in [9.17, 15) is 19.8 Å². The van der Waals surface area contributed by atoms with E-state index in [1.807, 2.05) is 0 Å². The molecule has 0 amide bonds. The molecule has 0 radical (unpaired) electrons. The van der Waals surface area contributed by atoms with Crippen LogP contribution in [0.15, 0.2) is 6.07 Å². The average Bonchev–Trinajstić information content (AvgIpc) is 3.20. The topological polar surface area (TPSA) is 93.1 Å². The van der Waals surface area contributed by atoms with Crippen LogP contribution in [0.25, 0.3) is 0 Å². The zero-order valence-corrected chi connectivity index (χ0v) is 23.7. The van der Waals surface area contributed by atoms with Crippen molar-refractivity contribution in [2.75, 3.05) is 0 Å². The standard InChI is InChI=1S/C32H48O6/c1-4-6-8-10-12-27(35)37-30-25(33)20-21-14-15-22-23(18-19-32(3)24(22)16-17-26(32)34)29(21)31(30)38-28(36)13-11-9-7-5-2/h20,22-24,26,33-34H,4-19H2,1-3H3/t22-,23-,24-,26-,32-/m0/s1. The predicted octanol–water partition coefficient (Wildman–Crippen LogP) is 7.36. The lowest BCUT2D eigenvalue weighted by molar-refractivity contribution is -0.137. The lowest BCUT2D eigenvalue weighted by atomic mass is 9.55. The van der Waals surface area contributed by atoms with E-state index in [1.54, 1.807) is 6.07 Å². The van der Waals surface area contributed by atoms with Crippen molar-refractivity contribution in [3.63, 3.8) is 0 Å². The molecule has 38 heavy (non-hydrogen) atoms. The summed E-state index contributed by atoms with van der Waals surface area (Å²) in [6, 6.07) is 1.72. The van der Waals surface area contributed by atoms with E-state index in [2.05, 4.69) is 20.8 Å². The molecule has 3 aliphatic carbocycles. The highest BCUT2D eigenvalue weighted by atomic mass is 16.6. The summed E-state index contributed by atoms with van der Waals surface area (Å²) in [6.07, 6.45) is 13.5. The molecule has 2 saturated carbocycles. The number of unbranched alkanes of at least 4 members (excludes halogenated alkanes) is 6. The molecule has 0 aliphatic heterocycles. The number of carbonyl (C=O) groups is 2. The van der Waals surface area contributed by atoms with Gasteiger partial charge in [-0.05, 0) is 86.2 Å². The monoisotopic (exact) mass is 528 g/mol. The molecule has 4 rings (SSSR count). The summed E-state index contributed by atoms with van der Waals surface area (Å²) in [6.45, 7) is 6.50. The number of benzene rings is 1. The fourth-order valence-corrected chi connectivity index (χ4v) is 7.57. The van der Waals surface area contributed by atoms with Gasteiger partial charge in [-0.2, -0.15) is 0 Å². The third kappa shape index (κ3) is 6.05. The summed E-state index contributed by atoms with van der Waals surface area (Å²) in [5.74, 6) is 0.350. The molecule has 5 atom stereocenters. The molecule has 0 bridgehead atoms. The smallest absolute Gasteiger partial charge is 0.311 e. The van der Waals surface area contributed by atoms with Crippen LogP contribution in [0.4, 0.5) is 0 Å². The number of phenolic OH excluding ortho intramolecular Hbond substituents is 1. The van der Waals surface area contributed by atoms with E-state index in [0.717, 1.165) is 101 Å². The first-order chi connectivity index (χ1) is 18.3. The SMILES string of the molecule is CCCCCCC(=O)Oc1c(O)cc2c(c1OC(=O)CCCCCC)[C@H]1CC[C@]3(C)[C@@H](O)CC[C@H]3[C@H]1CC2. The number of aromatic hydroxyl groups is 1. The normalized spacial score (nSPS) is 27.8. The van der Waals surface area contributed by atoms with Gasteiger partial charge in [0.1, 0.15) is 0 Å². The van der Waals surface area contributed by atoms with Crippen LogP contribution in [-0.2, 0) is 16.0 Å². The number of aliphatic hydroxyl groups is 1. The van der Waals surface area contributed by atoms with Gasteiger partial charge in [-0.25, -0.2) is 0 Å². The molecule has 3 aliphatic rings. The Hall–Kier alpha value is -2.08. The maximum atomic E-state index is 13.0. The van der Waals surface area contributed by atoms with Gasteiger partial charge in [0.2, 0.25) is 5.75 Å². The maximum Gasteiger partial charge on any atom is 0.311 e. The summed E-state index contributed by atoms with van der Waals surface area (Å²) in [5.41, 5.74) is 1.86. The number of aliphatic hydroxyl groups excluding tert-OH is 1. The molecule has 2 N–H and O–H groups in total. The Morgan fingerprint density at radius 1 is 0.895 bits per heavy atom. The van der Waals surface area contributed by atoms with E-state index in [1.165, 1.54) is 0 Å². The van der Waals surface area contributed by atoms with Crippen molar-refractivity contribution in [3.05, 3.63) is 17.2 Å². The Morgan fingerprint density at radius 3 is 2.16 bits per heavy atom. The van der Waals surface area contributed by atoms with Crippen LogP contribution in [-0.4, -0.2) is 28.3 Å². The molecule has 1 aromatic rings. The third-order valence-electron chi connectivity index (χ3n) is 9.75. The quantitative estimate of drug-likeness (QED) is 0.167. The molecule has 6 heteroatoms. The third-order valence-corrected chi connectivity index (χ3v) is 9.75. The number of aryl methyl sites for hydroxylation is 1. The second-order valence-corrected chi connectivity index (χ2v) is 12.2. The van der Waals surface area contributed by atoms with E-state index in [0.29, 0.717) is 18.3 Å². The Labute approximate surface area is 228 Å². The summed E-state index contributed by atoms with van der Waals surface area (Å²) >= 11 is 0. The summed E-state index contributed by atoms with van der Waals surface area (Å²) in [4.78, 5) is 25.8. The molecule has 212 valence electrons. The molecular formula is C32H48O6. The molecule has 1 aromatic carbocycles. The van der Waals surface area contributed by atoms with Gasteiger partial charge in [0.05, 0.1) is 6.10 Å². The number of ether oxygens (including phenoxy) is 2. The zero-order valence-electron chi connectivity index (χ0n) is 23.7. The molecule has 0 aromatic heterocycles. The number of fused-ring (bicyclic) bond motifs is 5. The lowest BCUT2D eigenvalue weighted by Crippen LogP contribution is -2.44. The maximum absolute atomic E-state index is 13.0. The Morgan fingerprint density at radius 2 is 1.53 bits per heavy atom. The number of hydrogen-bond acceptors (Lipinski definition) is 6. The molecular weight excluding hydrogens is 480 g/mol. The van der Waals surface area contributed by atoms with Crippen molar-refractivity contribution in [1.82, 2.24) is 0 Å². The van der Waals surface area contributed by atoms with Gasteiger partial charge < -0.3 is 19.7 Å². The summed E-state index contributed by atoms with van der Waals surface area (Å²) in [7, 11) is 0. The van der Waals surface area contributed by atoms with Crippen LogP contribution in [0.2, 0.25) is 0 Å². The van der Waals surface area contributed by atoms with Gasteiger partial charge in [-0.15, -0.1) is 0 Å². The highest BCUT2D eigenvalue weighted by Gasteiger charge is 2.55. The zero-order chi connectivity index (χ0) is 27.3. The van der Waals surface area contributed by atoms with Crippen molar-refractivity contribution >= 4 is 11.9 Å². The first kappa shape index (κ1) is 28.9. The molecule has 2 fully saturated rings. The van der Waals surface area contributed by atoms with Gasteiger partial charge in [0.15, 0.2) is 11.5 Å². The summed E-state index contributed by atoms with van der Waals surface area (Å²) in [5, 5.41) is 21.8. The fourth-order valence-electron chi connectivity index (χ4n) is 7.57. The lowest BCUT2D eigenvalue weighted by Gasteiger charge is -2.50. The summed E-state index contributed by atoms with van der Waals surface area (Å²) < 4.78 is 11.8. The Bertz CT molecular complexity index is 987. The van der Waals surface area contributed by atoms with Crippen LogP contribution in [0.3, 0.4) is 0 Å². The number of carbonyl (C=O) groups excluding carboxylic acids is 2. The van der Waals surface area contributed by atoms with Crippen LogP contribution in [0.1, 0.15) is 134 Å². The van der Waals surface area contributed by atoms with Crippen LogP contribution >= 0.6 is 0 Å². The van der Waals surface area contributed by atoms with Crippen molar-refractivity contribution in [3.8, 4) is 17.2 Å². The molecule has 0 saturated heterocycles. The Balaban J connectivity index is 1.64. The molecule has 6 nitrogen and oxygen atoms in total. The van der Waals surface area contributed by atoms with Gasteiger partial charge in [-0.3, -0.25) is 9.59 Å². The largest absolute Gasteiger partial charge is 0.504 e. The van der Waals surface area contributed by atoms with Gasteiger partial charge in [-0.1, -0.05) is 59.3 Å². The molecule has 0 heterocycles. The minimum absolute atomic E-state index is 0.00610. The van der Waals surface area contributed by atoms with Crippen LogP contribution in [0.5, 0.6) is 17.2 Å². The first-order valence-electron chi connectivity index (χ1n) is 15.3. The molecule has 0 unspecified atom stereocenters. The predicted molar refractivity (Wildman–Crippen MR) is 148 cm³/mol. The van der Waals surface area contributed by atoms with Crippen LogP contribution in [0, 0.1) is 17.3 Å². The van der Waals surface area contributed by atoms with Gasteiger partial charge in [0.25, 0.3) is 0 Å². The van der Waals surface area contributed by atoms with Crippen molar-refractivity contribution in [1.29, 1.82) is 0 Å². The van der Waals surface area contributed by atoms with Gasteiger partial charge in [0, 0.05) is 18.4 Å². The van der Waals surface area contributed by atoms with Crippen molar-refractivity contribution in [2.45, 2.75) is 136 Å². The number of esters is 2. The highest BCUT2D eigenvalue weighted by molar-refractivity contribution is 5.79. The van der Waals surface area contributed by atoms with E-state index >= 15 is 0 Å². The van der Waals surface area contributed by atoms with Crippen molar-refractivity contribution in [2.24, 2.45) is 17.3 Å². The first-order valence-corrected chi connectivity index (χ1v) is 15.3. The van der Waals surface area contributed by atoms with E-state index in [4.69, 9.17) is 9.47 Å². The number of phenols is 1. The van der Waals surface area contributed by atoms with E-state index < -0.39 is 5.97 Å². The highest BCUT2D eigenvalue weighted by Crippen LogP contribution is 2.63. The minimum Gasteiger partial charge on any atom is -0.504 e. The number of hydrogen-bond donors (Lipinski definition) is 2. The number of rotatable bonds is 12.